The number of aromatic nitrogens is 2. The van der Waals surface area contributed by atoms with E-state index in [9.17, 15) is 4.79 Å². The number of anilines is 1. The highest BCUT2D eigenvalue weighted by atomic mass is 32.1. The summed E-state index contributed by atoms with van der Waals surface area (Å²) in [6.45, 7) is 8.39. The molecule has 3 aliphatic carbocycles. The predicted molar refractivity (Wildman–Crippen MR) is 131 cm³/mol. The van der Waals surface area contributed by atoms with Gasteiger partial charge in [-0.15, -0.1) is 11.3 Å². The number of allylic oxidation sites excluding steroid dienone is 2. The minimum Gasteiger partial charge on any atom is -0.379 e. The van der Waals surface area contributed by atoms with Crippen LogP contribution >= 0.6 is 11.3 Å². The topological polar surface area (TPSA) is 79.4 Å². The second-order valence-electron chi connectivity index (χ2n) is 10.1. The fourth-order valence-corrected chi connectivity index (χ4v) is 7.48. The number of morpholine rings is 1. The van der Waals surface area contributed by atoms with Gasteiger partial charge >= 0.3 is 0 Å². The van der Waals surface area contributed by atoms with Gasteiger partial charge < -0.3 is 15.4 Å². The van der Waals surface area contributed by atoms with Gasteiger partial charge in [0.15, 0.2) is 0 Å². The van der Waals surface area contributed by atoms with Crippen LogP contribution < -0.4 is 10.6 Å². The highest BCUT2D eigenvalue weighted by Gasteiger charge is 2.62. The maximum absolute atomic E-state index is 13.1. The molecule has 1 saturated heterocycles. The molecule has 0 aromatic carbocycles. The standard InChI is InChI=1S/C25H33N5O2S/c1-16-20-22(26-7-2-8-30-9-11-32-12-10-30)28-15-29-24(20)33-21(16)23(31)27-14-17-13-18-3-4-19(17)25(18)5-6-25/h3-4,15,17-19H,2,5-14H2,1H3,(H,27,31)(H,26,28,29)/t17-,18+,19+/m1/s1. The summed E-state index contributed by atoms with van der Waals surface area (Å²) in [7, 11) is 0. The van der Waals surface area contributed by atoms with Gasteiger partial charge in [-0.1, -0.05) is 12.2 Å². The fraction of sp³-hybridized carbons (Fsp3) is 0.640. The second kappa shape index (κ2) is 8.64. The third-order valence-electron chi connectivity index (χ3n) is 8.35. The molecule has 1 aliphatic heterocycles. The molecule has 3 heterocycles. The van der Waals surface area contributed by atoms with Gasteiger partial charge in [-0.3, -0.25) is 9.69 Å². The number of thiophene rings is 1. The van der Waals surface area contributed by atoms with Crippen LogP contribution in [0.4, 0.5) is 5.82 Å². The Bertz CT molecular complexity index is 1070. The number of ether oxygens (including phenoxy) is 1. The van der Waals surface area contributed by atoms with E-state index in [1.807, 2.05) is 6.92 Å². The Hall–Kier alpha value is -2.03. The van der Waals surface area contributed by atoms with Gasteiger partial charge in [0.2, 0.25) is 0 Å². The Kier molecular flexibility index (Phi) is 5.63. The number of fused-ring (bicyclic) bond motifs is 1. The molecule has 2 saturated carbocycles. The quantitative estimate of drug-likeness (QED) is 0.457. The van der Waals surface area contributed by atoms with Crippen molar-refractivity contribution in [3.8, 4) is 0 Å². The van der Waals surface area contributed by atoms with E-state index in [4.69, 9.17) is 4.74 Å². The number of aryl methyl sites for hydroxylation is 1. The Balaban J connectivity index is 1.08. The van der Waals surface area contributed by atoms with Crippen LogP contribution in [-0.4, -0.2) is 66.7 Å². The zero-order chi connectivity index (χ0) is 22.4. The number of hydrogen-bond acceptors (Lipinski definition) is 7. The largest absolute Gasteiger partial charge is 0.379 e. The highest BCUT2D eigenvalue weighted by Crippen LogP contribution is 2.69. The minimum atomic E-state index is 0.0327. The molecule has 4 aliphatic rings. The van der Waals surface area contributed by atoms with Gasteiger partial charge in [0, 0.05) is 26.2 Å². The number of carbonyl (C=O) groups excluding carboxylic acids is 1. The van der Waals surface area contributed by atoms with E-state index < -0.39 is 0 Å². The molecule has 6 rings (SSSR count). The monoisotopic (exact) mass is 467 g/mol. The lowest BCUT2D eigenvalue weighted by Gasteiger charge is -2.26. The van der Waals surface area contributed by atoms with Gasteiger partial charge in [0.1, 0.15) is 17.0 Å². The summed E-state index contributed by atoms with van der Waals surface area (Å²) in [4.78, 5) is 26.2. The second-order valence-corrected chi connectivity index (χ2v) is 11.1. The molecule has 0 radical (unpaired) electrons. The molecule has 8 heteroatoms. The van der Waals surface area contributed by atoms with Gasteiger partial charge in [-0.2, -0.15) is 0 Å². The summed E-state index contributed by atoms with van der Waals surface area (Å²) < 4.78 is 5.42. The summed E-state index contributed by atoms with van der Waals surface area (Å²) in [5.41, 5.74) is 1.55. The molecule has 3 atom stereocenters. The summed E-state index contributed by atoms with van der Waals surface area (Å²) in [5, 5.41) is 7.73. The van der Waals surface area contributed by atoms with Crippen molar-refractivity contribution in [1.29, 1.82) is 0 Å². The molecule has 1 spiro atoms. The van der Waals surface area contributed by atoms with Gasteiger partial charge in [-0.05, 0) is 67.9 Å². The lowest BCUT2D eigenvalue weighted by Crippen LogP contribution is -2.37. The third kappa shape index (κ3) is 3.86. The first-order valence-electron chi connectivity index (χ1n) is 12.4. The van der Waals surface area contributed by atoms with Crippen molar-refractivity contribution in [2.45, 2.75) is 32.6 Å². The molecule has 2 aromatic rings. The number of amides is 1. The highest BCUT2D eigenvalue weighted by molar-refractivity contribution is 7.20. The van der Waals surface area contributed by atoms with Crippen LogP contribution in [-0.2, 0) is 4.74 Å². The van der Waals surface area contributed by atoms with E-state index >= 15 is 0 Å². The lowest BCUT2D eigenvalue weighted by atomic mass is 9.89. The average molecular weight is 468 g/mol. The van der Waals surface area contributed by atoms with Crippen LogP contribution in [0.25, 0.3) is 10.2 Å². The molecule has 7 nitrogen and oxygen atoms in total. The zero-order valence-corrected chi connectivity index (χ0v) is 20.1. The van der Waals surface area contributed by atoms with Crippen LogP contribution in [0.5, 0.6) is 0 Å². The number of nitrogens with zero attached hydrogens (tertiary/aromatic N) is 3. The molecule has 3 fully saturated rings. The molecule has 2 N–H and O–H groups in total. The van der Waals surface area contributed by atoms with Crippen molar-refractivity contribution in [2.24, 2.45) is 23.2 Å². The van der Waals surface area contributed by atoms with Crippen LogP contribution in [0.15, 0.2) is 18.5 Å². The normalized spacial score (nSPS) is 27.5. The van der Waals surface area contributed by atoms with E-state index in [2.05, 4.69) is 37.7 Å². The van der Waals surface area contributed by atoms with Gasteiger partial charge in [0.25, 0.3) is 5.91 Å². The number of nitrogens with one attached hydrogen (secondary N) is 2. The lowest BCUT2D eigenvalue weighted by molar-refractivity contribution is 0.0378. The van der Waals surface area contributed by atoms with Crippen molar-refractivity contribution in [1.82, 2.24) is 20.2 Å². The third-order valence-corrected chi connectivity index (χ3v) is 9.55. The Labute approximate surface area is 199 Å². The van der Waals surface area contributed by atoms with Crippen LogP contribution in [0.2, 0.25) is 0 Å². The summed E-state index contributed by atoms with van der Waals surface area (Å²) in [6.07, 6.45) is 11.5. The summed E-state index contributed by atoms with van der Waals surface area (Å²) >= 11 is 1.48. The maximum atomic E-state index is 13.1. The first-order valence-corrected chi connectivity index (χ1v) is 13.2. The Morgan fingerprint density at radius 2 is 2.12 bits per heavy atom. The molecule has 0 unspecified atom stereocenters. The van der Waals surface area contributed by atoms with Crippen LogP contribution in [0.1, 0.15) is 40.9 Å². The van der Waals surface area contributed by atoms with E-state index in [-0.39, 0.29) is 5.91 Å². The molecule has 2 bridgehead atoms. The smallest absolute Gasteiger partial charge is 0.261 e. The summed E-state index contributed by atoms with van der Waals surface area (Å²) in [6, 6.07) is 0. The van der Waals surface area contributed by atoms with Crippen molar-refractivity contribution in [3.05, 3.63) is 28.9 Å². The number of hydrogen-bond donors (Lipinski definition) is 2. The fourth-order valence-electron chi connectivity index (χ4n) is 6.42. The van der Waals surface area contributed by atoms with E-state index in [1.165, 1.54) is 30.6 Å². The Morgan fingerprint density at radius 1 is 1.27 bits per heavy atom. The number of carbonyl (C=O) groups is 1. The van der Waals surface area contributed by atoms with Gasteiger partial charge in [0.05, 0.1) is 23.5 Å². The van der Waals surface area contributed by atoms with Crippen LogP contribution in [0.3, 0.4) is 0 Å². The minimum absolute atomic E-state index is 0.0327. The predicted octanol–water partition coefficient (Wildman–Crippen LogP) is 3.47. The summed E-state index contributed by atoms with van der Waals surface area (Å²) in [5.74, 6) is 2.88. The SMILES string of the molecule is Cc1c(C(=O)NC[C@H]2C[C@@H]3C=C[C@@H]2C32CC2)sc2ncnc(NCCCN3CCOCC3)c12. The molecular weight excluding hydrogens is 434 g/mol. The van der Waals surface area contributed by atoms with E-state index in [0.29, 0.717) is 17.3 Å². The molecule has 2 aromatic heterocycles. The molecule has 176 valence electrons. The zero-order valence-electron chi connectivity index (χ0n) is 19.3. The first-order chi connectivity index (χ1) is 16.2. The van der Waals surface area contributed by atoms with Crippen molar-refractivity contribution >= 4 is 33.3 Å². The van der Waals surface area contributed by atoms with E-state index in [1.54, 1.807) is 6.33 Å². The van der Waals surface area contributed by atoms with Gasteiger partial charge in [-0.25, -0.2) is 9.97 Å². The van der Waals surface area contributed by atoms with Crippen LogP contribution in [0, 0.1) is 30.1 Å². The first kappa shape index (κ1) is 21.5. The van der Waals surface area contributed by atoms with Crippen molar-refractivity contribution < 1.29 is 9.53 Å². The average Bonchev–Trinajstić information content (AvgIpc) is 3.39. The number of rotatable bonds is 8. The van der Waals surface area contributed by atoms with Crippen molar-refractivity contribution in [3.63, 3.8) is 0 Å². The molecule has 33 heavy (non-hydrogen) atoms. The van der Waals surface area contributed by atoms with E-state index in [0.717, 1.165) is 84.8 Å². The molecule has 1 amide bonds. The van der Waals surface area contributed by atoms with Crippen molar-refractivity contribution in [2.75, 3.05) is 51.3 Å². The maximum Gasteiger partial charge on any atom is 0.261 e. The molecular formula is C25H33N5O2S. The Morgan fingerprint density at radius 3 is 2.91 bits per heavy atom.